The molecular weight excluding hydrogens is 649 g/mol. The third-order valence-corrected chi connectivity index (χ3v) is 14.2. The van der Waals surface area contributed by atoms with E-state index in [0.717, 1.165) is 33.9 Å². The summed E-state index contributed by atoms with van der Waals surface area (Å²) in [5.41, 5.74) is 12.3. The van der Waals surface area contributed by atoms with E-state index in [1.54, 1.807) is 0 Å². The molecule has 52 heavy (non-hydrogen) atoms. The molecule has 0 radical (unpaired) electrons. The maximum atomic E-state index is 5.49. The summed E-state index contributed by atoms with van der Waals surface area (Å²) < 4.78 is 4.58. The van der Waals surface area contributed by atoms with Crippen molar-refractivity contribution in [2.75, 3.05) is 4.90 Å². The van der Waals surface area contributed by atoms with Crippen LogP contribution >= 0.6 is 0 Å². The first-order valence-corrected chi connectivity index (χ1v) is 20.9. The van der Waals surface area contributed by atoms with Crippen molar-refractivity contribution < 1.29 is 0 Å². The minimum Gasteiger partial charge on any atom is -0.309 e. The van der Waals surface area contributed by atoms with Gasteiger partial charge in [-0.2, -0.15) is 5.10 Å². The smallest absolute Gasteiger partial charge is 0.117 e. The quantitative estimate of drug-likeness (QED) is 0.169. The fourth-order valence-corrected chi connectivity index (χ4v) is 11.3. The average molecular weight is 685 g/mol. The number of anilines is 3. The van der Waals surface area contributed by atoms with Crippen LogP contribution < -0.4 is 15.3 Å². The largest absolute Gasteiger partial charge is 0.309 e. The van der Waals surface area contributed by atoms with E-state index < -0.39 is 8.07 Å². The van der Waals surface area contributed by atoms with Crippen molar-refractivity contribution in [1.82, 2.24) is 14.3 Å². The van der Waals surface area contributed by atoms with Gasteiger partial charge in [0.05, 0.1) is 22.4 Å². The van der Waals surface area contributed by atoms with Crippen molar-refractivity contribution in [2.24, 2.45) is 0 Å². The highest BCUT2D eigenvalue weighted by molar-refractivity contribution is 7.02. The van der Waals surface area contributed by atoms with E-state index >= 15 is 0 Å². The Morgan fingerprint density at radius 2 is 1.00 bits per heavy atom. The van der Waals surface area contributed by atoms with Crippen molar-refractivity contribution in [1.29, 1.82) is 0 Å². The summed E-state index contributed by atoms with van der Waals surface area (Å²) in [4.78, 5) is 2.51. The summed E-state index contributed by atoms with van der Waals surface area (Å²) in [5.74, 6) is 0. The Balaban J connectivity index is 1.30. The van der Waals surface area contributed by atoms with Crippen LogP contribution in [-0.4, -0.2) is 22.4 Å². The van der Waals surface area contributed by atoms with Gasteiger partial charge in [0, 0.05) is 39.0 Å². The van der Waals surface area contributed by atoms with Gasteiger partial charge in [-0.05, 0) is 58.9 Å². The molecule has 3 heterocycles. The maximum absolute atomic E-state index is 5.49. The molecule has 0 fully saturated rings. The number of aromatic nitrogens is 3. The predicted octanol–water partition coefficient (Wildman–Crippen LogP) is 10.9. The molecule has 0 atom stereocenters. The molecule has 0 saturated heterocycles. The lowest BCUT2D eigenvalue weighted by Crippen LogP contribution is -2.58. The van der Waals surface area contributed by atoms with E-state index in [4.69, 9.17) is 5.10 Å². The molecule has 2 aromatic heterocycles. The van der Waals surface area contributed by atoms with Gasteiger partial charge in [0.2, 0.25) is 0 Å². The SMILES string of the molecule is C[Si]1(C)c2ccccc2N(c2c(-c3ccccc3)nn(-c3ccccc3)c2-c2ccccc2)c2ccc(-n3c4ccccc4c4ccccc43)cc21. The molecule has 0 spiro atoms. The van der Waals surface area contributed by atoms with Crippen LogP contribution in [0.15, 0.2) is 182 Å². The third kappa shape index (κ3) is 4.56. The first-order valence-electron chi connectivity index (χ1n) is 17.9. The van der Waals surface area contributed by atoms with Crippen molar-refractivity contribution in [3.8, 4) is 33.9 Å². The predicted molar refractivity (Wildman–Crippen MR) is 220 cm³/mol. The van der Waals surface area contributed by atoms with Gasteiger partial charge in [0.25, 0.3) is 0 Å². The van der Waals surface area contributed by atoms with E-state index in [9.17, 15) is 0 Å². The zero-order chi connectivity index (χ0) is 34.8. The van der Waals surface area contributed by atoms with E-state index in [1.807, 2.05) is 0 Å². The van der Waals surface area contributed by atoms with Crippen LogP contribution in [0, 0.1) is 0 Å². The van der Waals surface area contributed by atoms with Crippen LogP contribution in [0.2, 0.25) is 13.1 Å². The lowest BCUT2D eigenvalue weighted by Gasteiger charge is -2.41. The Bertz CT molecular complexity index is 2710. The van der Waals surface area contributed by atoms with Crippen LogP contribution in [0.4, 0.5) is 17.1 Å². The van der Waals surface area contributed by atoms with Gasteiger partial charge in [-0.15, -0.1) is 0 Å². The second-order valence-corrected chi connectivity index (χ2v) is 18.4. The molecule has 4 nitrogen and oxygen atoms in total. The van der Waals surface area contributed by atoms with Crippen LogP contribution in [0.3, 0.4) is 0 Å². The van der Waals surface area contributed by atoms with Gasteiger partial charge in [-0.3, -0.25) is 0 Å². The van der Waals surface area contributed by atoms with Gasteiger partial charge < -0.3 is 9.47 Å². The average Bonchev–Trinajstić information content (AvgIpc) is 3.76. The zero-order valence-corrected chi connectivity index (χ0v) is 30.1. The number of para-hydroxylation sites is 4. The normalized spacial score (nSPS) is 13.3. The monoisotopic (exact) mass is 684 g/mol. The Hall–Kier alpha value is -6.43. The summed E-state index contributed by atoms with van der Waals surface area (Å²) in [6.45, 7) is 5.00. The summed E-state index contributed by atoms with van der Waals surface area (Å²) in [5, 5.41) is 10.8. The Kier molecular flexibility index (Phi) is 6.91. The van der Waals surface area contributed by atoms with Crippen LogP contribution in [0.25, 0.3) is 55.7 Å². The zero-order valence-electron chi connectivity index (χ0n) is 29.1. The maximum Gasteiger partial charge on any atom is 0.117 e. The summed E-state index contributed by atoms with van der Waals surface area (Å²) in [6, 6.07) is 65.6. The Morgan fingerprint density at radius 1 is 0.462 bits per heavy atom. The molecule has 0 aliphatic carbocycles. The number of hydrogen-bond donors (Lipinski definition) is 0. The summed E-state index contributed by atoms with van der Waals surface area (Å²) in [7, 11) is -2.22. The molecule has 7 aromatic carbocycles. The molecule has 10 rings (SSSR count). The van der Waals surface area contributed by atoms with Gasteiger partial charge in [0.1, 0.15) is 19.5 Å². The number of fused-ring (bicyclic) bond motifs is 5. The van der Waals surface area contributed by atoms with E-state index in [2.05, 4.69) is 209 Å². The highest BCUT2D eigenvalue weighted by Crippen LogP contribution is 2.49. The minimum atomic E-state index is -2.22. The molecule has 0 unspecified atom stereocenters. The van der Waals surface area contributed by atoms with E-state index in [-0.39, 0.29) is 0 Å². The molecule has 1 aliphatic heterocycles. The summed E-state index contributed by atoms with van der Waals surface area (Å²) >= 11 is 0. The van der Waals surface area contributed by atoms with Crippen LogP contribution in [-0.2, 0) is 0 Å². The highest BCUT2D eigenvalue weighted by atomic mass is 28.3. The fraction of sp³-hybridized carbons (Fsp3) is 0.0426. The van der Waals surface area contributed by atoms with Crippen LogP contribution in [0.1, 0.15) is 0 Å². The molecule has 5 heteroatoms. The summed E-state index contributed by atoms with van der Waals surface area (Å²) in [6.07, 6.45) is 0. The fourth-order valence-electron chi connectivity index (χ4n) is 8.30. The first kappa shape index (κ1) is 30.4. The third-order valence-electron chi connectivity index (χ3n) is 10.7. The van der Waals surface area contributed by atoms with Gasteiger partial charge in [-0.25, -0.2) is 4.68 Å². The number of nitrogens with zero attached hydrogens (tertiary/aromatic N) is 4. The first-order chi connectivity index (χ1) is 25.6. The molecule has 0 saturated carbocycles. The van der Waals surface area contributed by atoms with Gasteiger partial charge in [0.15, 0.2) is 0 Å². The molecule has 1 aliphatic rings. The lowest BCUT2D eigenvalue weighted by atomic mass is 10.0. The van der Waals surface area contributed by atoms with Crippen molar-refractivity contribution in [3.05, 3.63) is 182 Å². The van der Waals surface area contributed by atoms with Gasteiger partial charge >= 0.3 is 0 Å². The number of hydrogen-bond acceptors (Lipinski definition) is 2. The molecule has 0 amide bonds. The molecule has 0 bridgehead atoms. The van der Waals surface area contributed by atoms with Crippen LogP contribution in [0.5, 0.6) is 0 Å². The topological polar surface area (TPSA) is 26.0 Å². The van der Waals surface area contributed by atoms with E-state index in [0.29, 0.717) is 0 Å². The number of rotatable bonds is 5. The number of benzene rings is 7. The van der Waals surface area contributed by atoms with Gasteiger partial charge in [-0.1, -0.05) is 147 Å². The molecule has 9 aromatic rings. The lowest BCUT2D eigenvalue weighted by molar-refractivity contribution is 0.892. The Morgan fingerprint density at radius 3 is 1.67 bits per heavy atom. The highest BCUT2D eigenvalue weighted by Gasteiger charge is 2.41. The molecular formula is C47H36N4Si. The van der Waals surface area contributed by atoms with E-state index in [1.165, 1.54) is 49.2 Å². The second-order valence-electron chi connectivity index (χ2n) is 14.1. The van der Waals surface area contributed by atoms with Crippen molar-refractivity contribution in [3.63, 3.8) is 0 Å². The van der Waals surface area contributed by atoms with Crippen molar-refractivity contribution >= 4 is 57.3 Å². The standard InChI is InChI=1S/C47H36N4Si/c1-52(2)43-29-17-16-28-41(43)50(42-31-30-36(32-44(42)52)49-39-26-14-12-24-37(39)38-25-13-15-27-40(38)49)47-45(33-18-6-3-7-19-33)48-51(35-22-10-5-11-23-35)46(47)34-20-8-4-9-21-34/h3-32H,1-2H3. The molecule has 0 N–H and O–H groups in total. The Labute approximate surface area is 304 Å². The van der Waals surface area contributed by atoms with Crippen molar-refractivity contribution in [2.45, 2.75) is 13.1 Å². The minimum absolute atomic E-state index is 0.942. The molecule has 248 valence electrons. The second kappa shape index (κ2) is 11.8.